The number of aliphatic hydroxyl groups is 1. The third-order valence-corrected chi connectivity index (χ3v) is 2.01. The van der Waals surface area contributed by atoms with Crippen molar-refractivity contribution in [2.75, 3.05) is 0 Å². The molecule has 1 fully saturated rings. The third kappa shape index (κ3) is 1.71. The molecular weight excluding hydrogens is 139 g/mol. The fourth-order valence-electron chi connectivity index (χ4n) is 1.09. The van der Waals surface area contributed by atoms with Gasteiger partial charge in [0.05, 0.1) is 0 Å². The summed E-state index contributed by atoms with van der Waals surface area (Å²) in [6.07, 6.45) is 3.16. The minimum atomic E-state index is -1.08. The van der Waals surface area contributed by atoms with Gasteiger partial charge in [-0.15, -0.1) is 0 Å². The Kier molecular flexibility index (Phi) is 2.17. The smallest absolute Gasteiger partial charge is 0.330 e. The van der Waals surface area contributed by atoms with Crippen molar-refractivity contribution < 1.29 is 14.2 Å². The van der Waals surface area contributed by atoms with Gasteiger partial charge in [0.2, 0.25) is 0 Å². The minimum Gasteiger partial charge on any atom is -0.365 e. The zero-order valence-electron chi connectivity index (χ0n) is 5.04. The summed E-state index contributed by atoms with van der Waals surface area (Å²) >= 11 is 0. The average molecular weight is 148 g/mol. The van der Waals surface area contributed by atoms with Crippen LogP contribution in [0.3, 0.4) is 0 Å². The van der Waals surface area contributed by atoms with Crippen LogP contribution in [0.2, 0.25) is 0 Å². The van der Waals surface area contributed by atoms with Crippen LogP contribution in [-0.2, 0) is 9.09 Å². The van der Waals surface area contributed by atoms with Crippen LogP contribution in [-0.4, -0.2) is 10.9 Å². The lowest BCUT2D eigenvalue weighted by Gasteiger charge is -2.16. The molecule has 0 aromatic heterocycles. The first kappa shape index (κ1) is 7.13. The predicted octanol–water partition coefficient (Wildman–Crippen LogP) is 1.47. The predicted molar refractivity (Wildman–Crippen MR) is 32.1 cm³/mol. The summed E-state index contributed by atoms with van der Waals surface area (Å²) in [6.45, 7) is 0. The van der Waals surface area contributed by atoms with Gasteiger partial charge < -0.3 is 5.11 Å². The van der Waals surface area contributed by atoms with Crippen molar-refractivity contribution in [1.29, 1.82) is 0 Å². The molecule has 0 aromatic rings. The zero-order chi connectivity index (χ0) is 6.74. The Labute approximate surface area is 55.3 Å². The molecule has 0 atom stereocenters. The van der Waals surface area contributed by atoms with Crippen molar-refractivity contribution in [3.8, 4) is 0 Å². The fourth-order valence-corrected chi connectivity index (χ4v) is 1.41. The van der Waals surface area contributed by atoms with E-state index in [9.17, 15) is 9.67 Å². The van der Waals surface area contributed by atoms with E-state index in [1.807, 2.05) is 0 Å². The minimum absolute atomic E-state index is 0.420. The molecule has 9 heavy (non-hydrogen) atoms. The highest BCUT2D eigenvalue weighted by Crippen LogP contribution is 2.32. The van der Waals surface area contributed by atoms with Crippen molar-refractivity contribution in [1.82, 2.24) is 0 Å². The van der Waals surface area contributed by atoms with E-state index in [4.69, 9.17) is 0 Å². The monoisotopic (exact) mass is 148 g/mol. The lowest BCUT2D eigenvalue weighted by Crippen LogP contribution is -2.23. The largest absolute Gasteiger partial charge is 0.365 e. The summed E-state index contributed by atoms with van der Waals surface area (Å²) in [7, 11) is -0.420. The van der Waals surface area contributed by atoms with E-state index in [2.05, 4.69) is 4.52 Å². The van der Waals surface area contributed by atoms with Crippen LogP contribution >= 0.6 is 8.69 Å². The standard InChI is InChI=1S/C5H9O3P/c6-5(8-9-7)3-1-2-4-5/h6H,1-4H2. The molecule has 0 unspecified atom stereocenters. The molecule has 4 heteroatoms. The summed E-state index contributed by atoms with van der Waals surface area (Å²) < 4.78 is 14.4. The van der Waals surface area contributed by atoms with Crippen LogP contribution in [0.5, 0.6) is 0 Å². The summed E-state index contributed by atoms with van der Waals surface area (Å²) in [5, 5.41) is 9.26. The van der Waals surface area contributed by atoms with Crippen molar-refractivity contribution in [2.24, 2.45) is 0 Å². The first-order chi connectivity index (χ1) is 4.27. The van der Waals surface area contributed by atoms with E-state index in [0.717, 1.165) is 12.8 Å². The van der Waals surface area contributed by atoms with Gasteiger partial charge in [-0.25, -0.2) is 4.57 Å². The molecule has 1 aliphatic rings. The van der Waals surface area contributed by atoms with Crippen molar-refractivity contribution >= 4 is 8.69 Å². The van der Waals surface area contributed by atoms with Gasteiger partial charge in [0.1, 0.15) is 0 Å². The number of hydrogen-bond acceptors (Lipinski definition) is 3. The number of rotatable bonds is 2. The summed E-state index contributed by atoms with van der Waals surface area (Å²) in [5.74, 6) is -1.08. The molecule has 0 aliphatic heterocycles. The Bertz CT molecular complexity index is 109. The lowest BCUT2D eigenvalue weighted by molar-refractivity contribution is -0.122. The second kappa shape index (κ2) is 2.74. The van der Waals surface area contributed by atoms with E-state index in [1.165, 1.54) is 0 Å². The maximum atomic E-state index is 9.88. The van der Waals surface area contributed by atoms with Crippen LogP contribution in [0.4, 0.5) is 0 Å². The molecule has 1 N–H and O–H groups in total. The van der Waals surface area contributed by atoms with E-state index in [1.54, 1.807) is 0 Å². The Hall–Kier alpha value is 0.0200. The van der Waals surface area contributed by atoms with Gasteiger partial charge >= 0.3 is 8.69 Å². The Morgan fingerprint density at radius 2 is 2.00 bits per heavy atom. The fraction of sp³-hybridized carbons (Fsp3) is 1.00. The second-order valence-corrected chi connectivity index (χ2v) is 2.65. The van der Waals surface area contributed by atoms with Crippen LogP contribution in [0.25, 0.3) is 0 Å². The molecule has 0 radical (unpaired) electrons. The highest BCUT2D eigenvalue weighted by molar-refractivity contribution is 7.17. The molecular formula is C5H9O3P. The van der Waals surface area contributed by atoms with Crippen molar-refractivity contribution in [3.63, 3.8) is 0 Å². The molecule has 3 nitrogen and oxygen atoms in total. The first-order valence-corrected chi connectivity index (χ1v) is 3.73. The van der Waals surface area contributed by atoms with E-state index >= 15 is 0 Å². The maximum absolute atomic E-state index is 9.88. The molecule has 0 amide bonds. The van der Waals surface area contributed by atoms with Crippen LogP contribution in [0.1, 0.15) is 25.7 Å². The Morgan fingerprint density at radius 1 is 1.44 bits per heavy atom. The molecule has 0 saturated heterocycles. The van der Waals surface area contributed by atoms with E-state index in [0.29, 0.717) is 12.8 Å². The summed E-state index contributed by atoms with van der Waals surface area (Å²) in [6, 6.07) is 0. The SMILES string of the molecule is O=POC1(O)CCCC1. The molecule has 0 spiro atoms. The molecule has 52 valence electrons. The van der Waals surface area contributed by atoms with Gasteiger partial charge in [-0.05, 0) is 12.8 Å². The summed E-state index contributed by atoms with van der Waals surface area (Å²) in [4.78, 5) is 0. The van der Waals surface area contributed by atoms with E-state index < -0.39 is 14.5 Å². The van der Waals surface area contributed by atoms with Gasteiger partial charge in [0, 0.05) is 12.8 Å². The number of hydrogen-bond donors (Lipinski definition) is 1. The van der Waals surface area contributed by atoms with Gasteiger partial charge in [-0.2, -0.15) is 0 Å². The lowest BCUT2D eigenvalue weighted by atomic mass is 10.2. The van der Waals surface area contributed by atoms with Crippen molar-refractivity contribution in [2.45, 2.75) is 31.5 Å². The van der Waals surface area contributed by atoms with Gasteiger partial charge in [-0.3, -0.25) is 4.52 Å². The van der Waals surface area contributed by atoms with Crippen molar-refractivity contribution in [3.05, 3.63) is 0 Å². The Morgan fingerprint density at radius 3 is 2.44 bits per heavy atom. The molecule has 0 aromatic carbocycles. The molecule has 0 bridgehead atoms. The van der Waals surface area contributed by atoms with Crippen LogP contribution < -0.4 is 0 Å². The third-order valence-electron chi connectivity index (χ3n) is 1.59. The van der Waals surface area contributed by atoms with Gasteiger partial charge in [0.25, 0.3) is 0 Å². The van der Waals surface area contributed by atoms with E-state index in [-0.39, 0.29) is 0 Å². The average Bonchev–Trinajstić information content (AvgIpc) is 2.16. The first-order valence-electron chi connectivity index (χ1n) is 3.00. The second-order valence-electron chi connectivity index (χ2n) is 2.32. The zero-order valence-corrected chi connectivity index (χ0v) is 5.93. The molecule has 1 aliphatic carbocycles. The normalized spacial score (nSPS) is 25.0. The van der Waals surface area contributed by atoms with Crippen LogP contribution in [0.15, 0.2) is 0 Å². The highest BCUT2D eigenvalue weighted by Gasteiger charge is 2.32. The molecule has 0 heterocycles. The maximum Gasteiger partial charge on any atom is 0.330 e. The topological polar surface area (TPSA) is 46.5 Å². The quantitative estimate of drug-likeness (QED) is 0.476. The van der Waals surface area contributed by atoms with Gasteiger partial charge in [0.15, 0.2) is 5.79 Å². The summed E-state index contributed by atoms with van der Waals surface area (Å²) in [5.41, 5.74) is 0. The molecule has 1 saturated carbocycles. The highest BCUT2D eigenvalue weighted by atomic mass is 31.1. The molecule has 1 rings (SSSR count). The Balaban J connectivity index is 2.40. The van der Waals surface area contributed by atoms with Gasteiger partial charge in [-0.1, -0.05) is 0 Å². The van der Waals surface area contributed by atoms with Crippen LogP contribution in [0, 0.1) is 0 Å².